The summed E-state index contributed by atoms with van der Waals surface area (Å²) in [5.41, 5.74) is 7.45. The summed E-state index contributed by atoms with van der Waals surface area (Å²) in [6, 6.07) is 63.6. The summed E-state index contributed by atoms with van der Waals surface area (Å²) in [5, 5.41) is 15.3. The SMILES string of the molecule is Cc1cccccnc(-n2c3ccccc3c3c4cccc5c6cccc7c8c(cc(c(cc32)c54)c67)sc2ccccc28)nc1-c1cccc(-c2ccccc2)c1. The molecule has 0 saturated carbocycles. The Morgan fingerprint density at radius 1 is 0.404 bits per heavy atom. The molecule has 266 valence electrons. The fourth-order valence-electron chi connectivity index (χ4n) is 9.32. The highest BCUT2D eigenvalue weighted by Crippen LogP contribution is 2.49. The van der Waals surface area contributed by atoms with Crippen molar-refractivity contribution in [2.45, 2.75) is 6.92 Å². The van der Waals surface area contributed by atoms with Crippen LogP contribution in [-0.4, -0.2) is 14.5 Å². The highest BCUT2D eigenvalue weighted by Gasteiger charge is 2.22. The minimum absolute atomic E-state index is 0.615. The van der Waals surface area contributed by atoms with Gasteiger partial charge < -0.3 is 0 Å². The smallest absolute Gasteiger partial charge is 0.235 e. The molecule has 0 N–H and O–H groups in total. The highest BCUT2D eigenvalue weighted by molar-refractivity contribution is 7.26. The Labute approximate surface area is 332 Å². The quantitative estimate of drug-likeness (QED) is 0.133. The van der Waals surface area contributed by atoms with Crippen LogP contribution >= 0.6 is 11.3 Å². The van der Waals surface area contributed by atoms with Crippen molar-refractivity contribution in [3.05, 3.63) is 188 Å². The van der Waals surface area contributed by atoms with Gasteiger partial charge in [0, 0.05) is 42.7 Å². The zero-order chi connectivity index (χ0) is 37.6. The van der Waals surface area contributed by atoms with E-state index in [4.69, 9.17) is 9.97 Å². The lowest BCUT2D eigenvalue weighted by Gasteiger charge is -2.16. The van der Waals surface area contributed by atoms with Crippen LogP contribution in [0, 0.1) is 6.92 Å². The second-order valence-electron chi connectivity index (χ2n) is 14.9. The number of hydrogen-bond donors (Lipinski definition) is 0. The van der Waals surface area contributed by atoms with Gasteiger partial charge in [-0.3, -0.25) is 4.57 Å². The van der Waals surface area contributed by atoms with Gasteiger partial charge in [0.25, 0.3) is 0 Å². The Kier molecular flexibility index (Phi) is 7.01. The number of thiophene rings is 1. The molecule has 0 bridgehead atoms. The lowest BCUT2D eigenvalue weighted by molar-refractivity contribution is 1.00. The van der Waals surface area contributed by atoms with Crippen LogP contribution in [-0.2, 0) is 0 Å². The van der Waals surface area contributed by atoms with Gasteiger partial charge in [-0.05, 0) is 103 Å². The van der Waals surface area contributed by atoms with Crippen LogP contribution in [0.25, 0.3) is 113 Å². The molecule has 3 heterocycles. The maximum atomic E-state index is 5.55. The maximum Gasteiger partial charge on any atom is 0.235 e. The van der Waals surface area contributed by atoms with Crippen LogP contribution in [0.5, 0.6) is 0 Å². The largest absolute Gasteiger partial charge is 0.278 e. The first kappa shape index (κ1) is 32.1. The van der Waals surface area contributed by atoms with Gasteiger partial charge in [0.15, 0.2) is 0 Å². The van der Waals surface area contributed by atoms with Crippen molar-refractivity contribution in [1.82, 2.24) is 14.5 Å². The van der Waals surface area contributed by atoms with Gasteiger partial charge in [0.2, 0.25) is 5.95 Å². The molecule has 0 aliphatic carbocycles. The third-order valence-electron chi connectivity index (χ3n) is 11.8. The van der Waals surface area contributed by atoms with E-state index in [0.717, 1.165) is 33.4 Å². The fraction of sp³-hybridized carbons (Fsp3) is 0.0189. The Hall–Kier alpha value is -7.14. The Balaban J connectivity index is 1.23. The molecule has 12 rings (SSSR count). The number of hydrogen-bond acceptors (Lipinski definition) is 3. The first-order chi connectivity index (χ1) is 28.2. The molecule has 12 aromatic rings. The third kappa shape index (κ3) is 4.78. The van der Waals surface area contributed by atoms with E-state index in [1.807, 2.05) is 29.7 Å². The van der Waals surface area contributed by atoms with Crippen LogP contribution in [0.4, 0.5) is 0 Å². The monoisotopic (exact) mass is 743 g/mol. The molecule has 0 aliphatic rings. The van der Waals surface area contributed by atoms with Crippen molar-refractivity contribution in [3.8, 4) is 28.3 Å². The Morgan fingerprint density at radius 2 is 1.02 bits per heavy atom. The van der Waals surface area contributed by atoms with E-state index in [1.54, 1.807) is 0 Å². The minimum Gasteiger partial charge on any atom is -0.278 e. The van der Waals surface area contributed by atoms with E-state index in [2.05, 4.69) is 175 Å². The van der Waals surface area contributed by atoms with Crippen LogP contribution in [0.2, 0.25) is 0 Å². The fourth-order valence-corrected chi connectivity index (χ4v) is 10.5. The van der Waals surface area contributed by atoms with Crippen molar-refractivity contribution in [2.24, 2.45) is 0 Å². The summed E-state index contributed by atoms with van der Waals surface area (Å²) in [4.78, 5) is 10.7. The first-order valence-corrected chi connectivity index (χ1v) is 20.2. The predicted octanol–water partition coefficient (Wildman–Crippen LogP) is 14.8. The topological polar surface area (TPSA) is 30.7 Å². The molecule has 0 amide bonds. The Bertz CT molecular complexity index is 3650. The van der Waals surface area contributed by atoms with Crippen molar-refractivity contribution < 1.29 is 0 Å². The molecule has 4 heteroatoms. The van der Waals surface area contributed by atoms with Crippen molar-refractivity contribution in [2.75, 3.05) is 0 Å². The molecule has 0 saturated heterocycles. The third-order valence-corrected chi connectivity index (χ3v) is 12.9. The average molecular weight is 744 g/mol. The van der Waals surface area contributed by atoms with Gasteiger partial charge in [-0.25, -0.2) is 9.97 Å². The molecule has 0 radical (unpaired) electrons. The van der Waals surface area contributed by atoms with E-state index in [1.165, 1.54) is 79.6 Å². The maximum absolute atomic E-state index is 5.55. The van der Waals surface area contributed by atoms with Gasteiger partial charge in [0.1, 0.15) is 0 Å². The number of benzene rings is 9. The molecular formula is C53H33N3S. The minimum atomic E-state index is 0.615. The predicted molar refractivity (Wildman–Crippen MR) is 244 cm³/mol. The van der Waals surface area contributed by atoms with Crippen molar-refractivity contribution in [1.29, 1.82) is 0 Å². The van der Waals surface area contributed by atoms with Crippen LogP contribution in [0.1, 0.15) is 5.56 Å². The van der Waals surface area contributed by atoms with Crippen molar-refractivity contribution >= 4 is 96.4 Å². The molecule has 0 atom stereocenters. The van der Waals surface area contributed by atoms with E-state index in [0.29, 0.717) is 5.95 Å². The van der Waals surface area contributed by atoms with Crippen LogP contribution < -0.4 is 0 Å². The molecule has 3 aromatic heterocycles. The number of aryl methyl sites for hydroxylation is 1. The summed E-state index contributed by atoms with van der Waals surface area (Å²) >= 11 is 1.89. The molecular weight excluding hydrogens is 711 g/mol. The van der Waals surface area contributed by atoms with Crippen LogP contribution in [0.3, 0.4) is 0 Å². The normalized spacial score (nSPS) is 11.9. The van der Waals surface area contributed by atoms with Crippen molar-refractivity contribution in [3.63, 3.8) is 0 Å². The molecule has 9 aromatic carbocycles. The molecule has 57 heavy (non-hydrogen) atoms. The zero-order valence-corrected chi connectivity index (χ0v) is 31.9. The van der Waals surface area contributed by atoms with E-state index >= 15 is 0 Å². The van der Waals surface area contributed by atoms with Gasteiger partial charge in [-0.1, -0.05) is 140 Å². The standard InChI is InChI=1S/C53H33N3S/c1-32-15-4-3-11-28-54-53(55-52(32)35-19-12-18-34(29-35)33-16-5-2-6-17-33)56-44-26-9-7-20-38(44)50-40-24-13-22-36-37-23-14-25-41-49(37)43(42(48(36)40)30-45(50)56)31-47-51(41)39-21-8-10-27-46(39)57-47/h2-31H,1H3. The molecule has 0 unspecified atom stereocenters. The number of para-hydroxylation sites is 1. The molecule has 3 nitrogen and oxygen atoms in total. The van der Waals surface area contributed by atoms with Gasteiger partial charge in [-0.15, -0.1) is 11.3 Å². The summed E-state index contributed by atoms with van der Waals surface area (Å²) in [7, 11) is 0. The number of rotatable bonds is 3. The van der Waals surface area contributed by atoms with E-state index in [-0.39, 0.29) is 0 Å². The lowest BCUT2D eigenvalue weighted by Crippen LogP contribution is -2.01. The van der Waals surface area contributed by atoms with Gasteiger partial charge >= 0.3 is 0 Å². The second-order valence-corrected chi connectivity index (χ2v) is 16.0. The summed E-state index contributed by atoms with van der Waals surface area (Å²) in [6.07, 6.45) is 1.86. The average Bonchev–Trinajstić information content (AvgIpc) is 3.81. The number of fused-ring (bicyclic) bond motifs is 10. The molecule has 0 fully saturated rings. The summed E-state index contributed by atoms with van der Waals surface area (Å²) in [5.74, 6) is 0.615. The lowest BCUT2D eigenvalue weighted by atomic mass is 9.87. The number of aromatic nitrogens is 3. The van der Waals surface area contributed by atoms with Crippen LogP contribution in [0.15, 0.2) is 182 Å². The summed E-state index contributed by atoms with van der Waals surface area (Å²) in [6.45, 7) is 2.14. The van der Waals surface area contributed by atoms with E-state index in [9.17, 15) is 0 Å². The molecule has 0 spiro atoms. The highest BCUT2D eigenvalue weighted by atomic mass is 32.1. The van der Waals surface area contributed by atoms with Gasteiger partial charge in [-0.2, -0.15) is 0 Å². The second kappa shape index (κ2) is 12.4. The zero-order valence-electron chi connectivity index (χ0n) is 31.1. The number of nitrogens with zero attached hydrogens (tertiary/aromatic N) is 3. The Morgan fingerprint density at radius 3 is 1.86 bits per heavy atom. The van der Waals surface area contributed by atoms with E-state index < -0.39 is 0 Å². The summed E-state index contributed by atoms with van der Waals surface area (Å²) < 4.78 is 4.92. The van der Waals surface area contributed by atoms with Gasteiger partial charge in [0.05, 0.1) is 16.7 Å². The molecule has 0 aliphatic heterocycles. The first-order valence-electron chi connectivity index (χ1n) is 19.4.